The number of amides is 2. The molecule has 0 saturated carbocycles. The molecule has 0 aliphatic rings. The molecule has 0 aromatic heterocycles. The first kappa shape index (κ1) is 36.3. The van der Waals surface area contributed by atoms with E-state index in [1.54, 1.807) is 48.5 Å². The summed E-state index contributed by atoms with van der Waals surface area (Å²) in [6.07, 6.45) is 0.206. The molecule has 254 valence electrons. The molecule has 4 rings (SSSR count). The quantitative estimate of drug-likeness (QED) is 0.158. The maximum absolute atomic E-state index is 14.7. The van der Waals surface area contributed by atoms with Crippen molar-refractivity contribution in [2.24, 2.45) is 5.92 Å². The first-order valence-electron chi connectivity index (χ1n) is 15.6. The molecule has 0 fully saturated rings. The monoisotopic (exact) mass is 691 g/mol. The van der Waals surface area contributed by atoms with Crippen molar-refractivity contribution in [3.63, 3.8) is 0 Å². The molecule has 1 N–H and O–H groups in total. The summed E-state index contributed by atoms with van der Waals surface area (Å²) in [6, 6.07) is 26.5. The summed E-state index contributed by atoms with van der Waals surface area (Å²) in [5.41, 5.74) is 2.55. The molecule has 0 radical (unpaired) electrons. The van der Waals surface area contributed by atoms with E-state index in [0.29, 0.717) is 17.3 Å². The predicted molar refractivity (Wildman–Crippen MR) is 189 cm³/mol. The van der Waals surface area contributed by atoms with Crippen molar-refractivity contribution in [2.75, 3.05) is 31.6 Å². The van der Waals surface area contributed by atoms with Gasteiger partial charge in [-0.25, -0.2) is 8.42 Å². The van der Waals surface area contributed by atoms with Crippen LogP contribution in [0.2, 0.25) is 5.02 Å². The average molecular weight is 692 g/mol. The molecule has 48 heavy (non-hydrogen) atoms. The number of ether oxygens (including phenoxy) is 2. The maximum Gasteiger partial charge on any atom is 0.264 e. The van der Waals surface area contributed by atoms with Gasteiger partial charge in [-0.15, -0.1) is 0 Å². The smallest absolute Gasteiger partial charge is 0.264 e. The number of carbonyl (C=O) groups excluding carboxylic acids is 2. The molecular formula is C37H42ClN3O6S. The van der Waals surface area contributed by atoms with Gasteiger partial charge in [-0.1, -0.05) is 85.6 Å². The van der Waals surface area contributed by atoms with Crippen LogP contribution in [0.3, 0.4) is 0 Å². The summed E-state index contributed by atoms with van der Waals surface area (Å²) in [5, 5.41) is 3.51. The number of methoxy groups -OCH3 is 2. The minimum Gasteiger partial charge on any atom is -0.497 e. The van der Waals surface area contributed by atoms with E-state index in [-0.39, 0.29) is 41.1 Å². The summed E-state index contributed by atoms with van der Waals surface area (Å²) < 4.78 is 40.8. The zero-order valence-corrected chi connectivity index (χ0v) is 29.4. The molecule has 0 aliphatic carbocycles. The lowest BCUT2D eigenvalue weighted by Gasteiger charge is -2.34. The van der Waals surface area contributed by atoms with Crippen molar-refractivity contribution >= 4 is 39.1 Å². The molecule has 11 heteroatoms. The van der Waals surface area contributed by atoms with Gasteiger partial charge in [0.1, 0.15) is 24.1 Å². The number of halogens is 1. The van der Waals surface area contributed by atoms with Gasteiger partial charge in [0.2, 0.25) is 11.8 Å². The van der Waals surface area contributed by atoms with Gasteiger partial charge in [-0.3, -0.25) is 13.9 Å². The lowest BCUT2D eigenvalue weighted by atomic mass is 10.0. The first-order valence-corrected chi connectivity index (χ1v) is 17.4. The third-order valence-electron chi connectivity index (χ3n) is 7.76. The molecule has 0 spiro atoms. The molecule has 0 heterocycles. The van der Waals surface area contributed by atoms with E-state index >= 15 is 0 Å². The van der Waals surface area contributed by atoms with Gasteiger partial charge in [0.05, 0.1) is 24.8 Å². The highest BCUT2D eigenvalue weighted by Gasteiger charge is 2.36. The van der Waals surface area contributed by atoms with Crippen molar-refractivity contribution < 1.29 is 27.5 Å². The van der Waals surface area contributed by atoms with Crippen LogP contribution >= 0.6 is 11.6 Å². The van der Waals surface area contributed by atoms with Gasteiger partial charge in [0.25, 0.3) is 10.0 Å². The number of benzene rings is 4. The lowest BCUT2D eigenvalue weighted by Crippen LogP contribution is -2.53. The number of hydrogen-bond acceptors (Lipinski definition) is 6. The molecule has 0 saturated heterocycles. The van der Waals surface area contributed by atoms with Crippen LogP contribution in [0.25, 0.3) is 0 Å². The molecule has 1 atom stereocenters. The number of anilines is 1. The molecular weight excluding hydrogens is 650 g/mol. The number of aryl methyl sites for hydroxylation is 1. The number of rotatable bonds is 15. The summed E-state index contributed by atoms with van der Waals surface area (Å²) >= 11 is 6.17. The minimum absolute atomic E-state index is 0.00876. The van der Waals surface area contributed by atoms with E-state index in [1.807, 2.05) is 51.1 Å². The SMILES string of the molecule is COc1ccc(OC)c(N(CC(=O)N(Cc2ccc(Cl)cc2)C(Cc2ccccc2)C(=O)NCC(C)C)S(=O)(=O)c2ccc(C)cc2)c1. The van der Waals surface area contributed by atoms with Gasteiger partial charge < -0.3 is 19.7 Å². The van der Waals surface area contributed by atoms with Gasteiger partial charge in [-0.05, 0) is 60.4 Å². The predicted octanol–water partition coefficient (Wildman–Crippen LogP) is 6.27. The second-order valence-corrected chi connectivity index (χ2v) is 14.2. The van der Waals surface area contributed by atoms with Crippen LogP contribution in [-0.4, -0.2) is 58.5 Å². The second kappa shape index (κ2) is 16.5. The van der Waals surface area contributed by atoms with E-state index < -0.39 is 28.5 Å². The molecule has 1 unspecified atom stereocenters. The third-order valence-corrected chi connectivity index (χ3v) is 9.79. The van der Waals surface area contributed by atoms with Gasteiger partial charge in [-0.2, -0.15) is 0 Å². The summed E-state index contributed by atoms with van der Waals surface area (Å²) in [4.78, 5) is 30.1. The fourth-order valence-corrected chi connectivity index (χ4v) is 6.65. The lowest BCUT2D eigenvalue weighted by molar-refractivity contribution is -0.140. The number of sulfonamides is 1. The van der Waals surface area contributed by atoms with Crippen molar-refractivity contribution in [1.29, 1.82) is 0 Å². The van der Waals surface area contributed by atoms with E-state index in [1.165, 1.54) is 37.3 Å². The average Bonchev–Trinajstić information content (AvgIpc) is 3.08. The molecule has 2 amide bonds. The Hall–Kier alpha value is -4.54. The van der Waals surface area contributed by atoms with Crippen LogP contribution in [0.5, 0.6) is 11.5 Å². The Bertz CT molecular complexity index is 1780. The van der Waals surface area contributed by atoms with E-state index in [2.05, 4.69) is 5.32 Å². The highest BCUT2D eigenvalue weighted by Crippen LogP contribution is 2.36. The van der Waals surface area contributed by atoms with Gasteiger partial charge in [0, 0.05) is 30.6 Å². The van der Waals surface area contributed by atoms with E-state index in [0.717, 1.165) is 21.0 Å². The molecule has 4 aromatic carbocycles. The van der Waals surface area contributed by atoms with E-state index in [9.17, 15) is 18.0 Å². The van der Waals surface area contributed by atoms with E-state index in [4.69, 9.17) is 21.1 Å². The standard InChI is InChI=1S/C37H42ClN3O6S/c1-26(2)23-39-37(43)34(21-28-9-7-6-8-10-28)40(24-29-13-15-30(38)16-14-29)36(42)25-41(33-22-31(46-4)17-20-35(33)47-5)48(44,45)32-18-11-27(3)12-19-32/h6-20,22,26,34H,21,23-25H2,1-5H3,(H,39,43). The zero-order chi connectivity index (χ0) is 34.8. The van der Waals surface area contributed by atoms with Crippen molar-refractivity contribution in [1.82, 2.24) is 10.2 Å². The Morgan fingerprint density at radius 2 is 1.52 bits per heavy atom. The fourth-order valence-electron chi connectivity index (χ4n) is 5.11. The topological polar surface area (TPSA) is 105 Å². The normalized spacial score (nSPS) is 11.9. The Balaban J connectivity index is 1.86. The first-order chi connectivity index (χ1) is 22.9. The van der Waals surface area contributed by atoms with Crippen molar-refractivity contribution in [2.45, 2.75) is 44.7 Å². The molecule has 4 aromatic rings. The van der Waals surface area contributed by atoms with Crippen molar-refractivity contribution in [3.8, 4) is 11.5 Å². The van der Waals surface area contributed by atoms with Crippen LogP contribution in [0.4, 0.5) is 5.69 Å². The summed E-state index contributed by atoms with van der Waals surface area (Å²) in [6.45, 7) is 5.62. The van der Waals surface area contributed by atoms with Gasteiger partial charge in [0.15, 0.2) is 0 Å². The number of nitrogens with one attached hydrogen (secondary N) is 1. The Morgan fingerprint density at radius 3 is 2.12 bits per heavy atom. The van der Waals surface area contributed by atoms with Crippen LogP contribution < -0.4 is 19.1 Å². The third kappa shape index (κ3) is 9.29. The van der Waals surface area contributed by atoms with Crippen molar-refractivity contribution in [3.05, 3.63) is 119 Å². The fraction of sp³-hybridized carbons (Fsp3) is 0.297. The zero-order valence-electron chi connectivity index (χ0n) is 27.9. The van der Waals surface area contributed by atoms with Crippen LogP contribution in [0, 0.1) is 12.8 Å². The summed E-state index contributed by atoms with van der Waals surface area (Å²) in [7, 11) is -1.44. The van der Waals surface area contributed by atoms with Crippen LogP contribution in [0.1, 0.15) is 30.5 Å². The maximum atomic E-state index is 14.7. The minimum atomic E-state index is -4.33. The number of hydrogen-bond donors (Lipinski definition) is 1. The molecule has 9 nitrogen and oxygen atoms in total. The Labute approximate surface area is 288 Å². The van der Waals surface area contributed by atoms with Gasteiger partial charge >= 0.3 is 0 Å². The van der Waals surface area contributed by atoms with Crippen LogP contribution in [-0.2, 0) is 32.6 Å². The molecule has 0 bridgehead atoms. The molecule has 0 aliphatic heterocycles. The largest absolute Gasteiger partial charge is 0.497 e. The van der Waals surface area contributed by atoms with Crippen LogP contribution in [0.15, 0.2) is 102 Å². The highest BCUT2D eigenvalue weighted by molar-refractivity contribution is 7.92. The second-order valence-electron chi connectivity index (χ2n) is 11.9. The Morgan fingerprint density at radius 1 is 0.854 bits per heavy atom. The number of carbonyl (C=O) groups is 2. The Kier molecular flexibility index (Phi) is 12.5. The number of nitrogens with zero attached hydrogens (tertiary/aromatic N) is 2. The summed E-state index contributed by atoms with van der Waals surface area (Å²) in [5.74, 6) is -0.176. The highest BCUT2D eigenvalue weighted by atomic mass is 35.5.